The van der Waals surface area contributed by atoms with Crippen molar-refractivity contribution in [3.05, 3.63) is 60.2 Å². The molecule has 0 saturated carbocycles. The standard InChI is InChI=1S/C19H22N2O4S/c1-14-13-25-15(2)12-21(14)19(22)16-8-10-17(11-9-16)20-26(23,24)18-6-4-3-5-7-18/h3-11,14-15,20H,12-13H2,1-2H3. The minimum Gasteiger partial charge on any atom is -0.375 e. The van der Waals surface area contributed by atoms with Crippen molar-refractivity contribution in [1.29, 1.82) is 0 Å². The minimum atomic E-state index is -3.64. The van der Waals surface area contributed by atoms with Crippen molar-refractivity contribution >= 4 is 21.6 Å². The van der Waals surface area contributed by atoms with Crippen LogP contribution in [0.15, 0.2) is 59.5 Å². The number of hydrogen-bond donors (Lipinski definition) is 1. The van der Waals surface area contributed by atoms with Crippen molar-refractivity contribution in [2.45, 2.75) is 30.9 Å². The number of benzene rings is 2. The van der Waals surface area contributed by atoms with Crippen LogP contribution in [0.1, 0.15) is 24.2 Å². The number of nitrogens with zero attached hydrogens (tertiary/aromatic N) is 1. The first-order valence-electron chi connectivity index (χ1n) is 8.47. The number of carbonyl (C=O) groups excluding carboxylic acids is 1. The normalized spacial score (nSPS) is 20.6. The summed E-state index contributed by atoms with van der Waals surface area (Å²) in [7, 11) is -3.64. The maximum atomic E-state index is 12.7. The van der Waals surface area contributed by atoms with Crippen molar-refractivity contribution in [3.63, 3.8) is 0 Å². The van der Waals surface area contributed by atoms with E-state index in [-0.39, 0.29) is 22.9 Å². The third kappa shape index (κ3) is 4.05. The average Bonchev–Trinajstić information content (AvgIpc) is 2.64. The molecule has 0 radical (unpaired) electrons. The number of hydrogen-bond acceptors (Lipinski definition) is 4. The van der Waals surface area contributed by atoms with E-state index >= 15 is 0 Å². The van der Waals surface area contributed by atoms with Crippen LogP contribution < -0.4 is 4.72 Å². The molecule has 1 aliphatic heterocycles. The maximum absolute atomic E-state index is 12.7. The third-order valence-corrected chi connectivity index (χ3v) is 5.70. The van der Waals surface area contributed by atoms with Crippen LogP contribution in [-0.2, 0) is 14.8 Å². The van der Waals surface area contributed by atoms with Crippen LogP contribution in [0.4, 0.5) is 5.69 Å². The topological polar surface area (TPSA) is 75.7 Å². The Bertz CT molecular complexity index is 866. The van der Waals surface area contributed by atoms with Gasteiger partial charge in [0.15, 0.2) is 0 Å². The molecule has 26 heavy (non-hydrogen) atoms. The first-order chi connectivity index (χ1) is 12.4. The van der Waals surface area contributed by atoms with Gasteiger partial charge in [0.25, 0.3) is 15.9 Å². The van der Waals surface area contributed by atoms with Crippen LogP contribution >= 0.6 is 0 Å². The molecule has 0 spiro atoms. The van der Waals surface area contributed by atoms with Crippen LogP contribution in [0.5, 0.6) is 0 Å². The zero-order valence-electron chi connectivity index (χ0n) is 14.8. The van der Waals surface area contributed by atoms with Gasteiger partial charge in [-0.15, -0.1) is 0 Å². The van der Waals surface area contributed by atoms with E-state index in [1.54, 1.807) is 47.4 Å². The highest BCUT2D eigenvalue weighted by atomic mass is 32.2. The van der Waals surface area contributed by atoms with Gasteiger partial charge in [0.05, 0.1) is 23.6 Å². The van der Waals surface area contributed by atoms with E-state index in [4.69, 9.17) is 4.74 Å². The molecule has 2 atom stereocenters. The number of morpholine rings is 1. The summed E-state index contributed by atoms with van der Waals surface area (Å²) in [5.41, 5.74) is 0.933. The molecule has 3 rings (SSSR count). The molecule has 2 aromatic rings. The van der Waals surface area contributed by atoms with E-state index in [0.717, 1.165) is 0 Å². The van der Waals surface area contributed by atoms with Crippen LogP contribution in [-0.4, -0.2) is 44.5 Å². The van der Waals surface area contributed by atoms with Crippen LogP contribution in [0.2, 0.25) is 0 Å². The van der Waals surface area contributed by atoms with E-state index in [0.29, 0.717) is 24.4 Å². The van der Waals surface area contributed by atoms with Crippen molar-refractivity contribution in [1.82, 2.24) is 4.90 Å². The molecule has 1 amide bonds. The van der Waals surface area contributed by atoms with Crippen LogP contribution in [0, 0.1) is 0 Å². The van der Waals surface area contributed by atoms with Gasteiger partial charge in [-0.2, -0.15) is 0 Å². The smallest absolute Gasteiger partial charge is 0.261 e. The van der Waals surface area contributed by atoms with Gasteiger partial charge in [-0.25, -0.2) is 8.42 Å². The van der Waals surface area contributed by atoms with Gasteiger partial charge >= 0.3 is 0 Å². The van der Waals surface area contributed by atoms with Gasteiger partial charge in [0.2, 0.25) is 0 Å². The fourth-order valence-electron chi connectivity index (χ4n) is 2.85. The van der Waals surface area contributed by atoms with Gasteiger partial charge in [-0.05, 0) is 50.2 Å². The summed E-state index contributed by atoms with van der Waals surface area (Å²) in [5, 5.41) is 0. The number of amides is 1. The quantitative estimate of drug-likeness (QED) is 0.893. The third-order valence-electron chi connectivity index (χ3n) is 4.31. The molecule has 138 valence electrons. The largest absolute Gasteiger partial charge is 0.375 e. The van der Waals surface area contributed by atoms with Crippen LogP contribution in [0.25, 0.3) is 0 Å². The highest BCUT2D eigenvalue weighted by molar-refractivity contribution is 7.92. The summed E-state index contributed by atoms with van der Waals surface area (Å²) in [6.45, 7) is 4.95. The Morgan fingerprint density at radius 3 is 2.38 bits per heavy atom. The molecule has 1 fully saturated rings. The second-order valence-corrected chi connectivity index (χ2v) is 8.13. The molecule has 1 aliphatic rings. The predicted molar refractivity (Wildman–Crippen MR) is 99.6 cm³/mol. The highest BCUT2D eigenvalue weighted by Crippen LogP contribution is 2.19. The van der Waals surface area contributed by atoms with Crippen molar-refractivity contribution in [2.75, 3.05) is 17.9 Å². The Morgan fingerprint density at radius 2 is 1.73 bits per heavy atom. The number of ether oxygens (including phenoxy) is 1. The summed E-state index contributed by atoms with van der Waals surface area (Å²) >= 11 is 0. The summed E-state index contributed by atoms with van der Waals surface area (Å²) < 4.78 is 32.8. The maximum Gasteiger partial charge on any atom is 0.261 e. The van der Waals surface area contributed by atoms with E-state index in [1.165, 1.54) is 12.1 Å². The van der Waals surface area contributed by atoms with Crippen molar-refractivity contribution in [3.8, 4) is 0 Å². The SMILES string of the molecule is CC1CN(C(=O)c2ccc(NS(=O)(=O)c3ccccc3)cc2)C(C)CO1. The van der Waals surface area contributed by atoms with Crippen molar-refractivity contribution < 1.29 is 17.9 Å². The van der Waals surface area contributed by atoms with E-state index in [9.17, 15) is 13.2 Å². The molecule has 7 heteroatoms. The first-order valence-corrected chi connectivity index (χ1v) is 9.95. The van der Waals surface area contributed by atoms with Gasteiger partial charge < -0.3 is 9.64 Å². The number of carbonyl (C=O) groups is 1. The van der Waals surface area contributed by atoms with Crippen LogP contribution in [0.3, 0.4) is 0 Å². The average molecular weight is 374 g/mol. The molecule has 2 aromatic carbocycles. The lowest BCUT2D eigenvalue weighted by Gasteiger charge is -2.36. The number of anilines is 1. The molecular weight excluding hydrogens is 352 g/mol. The predicted octanol–water partition coefficient (Wildman–Crippen LogP) is 2.74. The Labute approximate surface area is 153 Å². The number of rotatable bonds is 4. The second-order valence-electron chi connectivity index (χ2n) is 6.45. The fourth-order valence-corrected chi connectivity index (χ4v) is 3.93. The lowest BCUT2D eigenvalue weighted by atomic mass is 10.1. The summed E-state index contributed by atoms with van der Waals surface area (Å²) in [4.78, 5) is 14.7. The minimum absolute atomic E-state index is 0.00658. The molecule has 2 unspecified atom stereocenters. The molecule has 0 aliphatic carbocycles. The molecule has 0 aromatic heterocycles. The molecule has 0 bridgehead atoms. The Hall–Kier alpha value is -2.38. The zero-order chi connectivity index (χ0) is 18.7. The van der Waals surface area contributed by atoms with Crippen molar-refractivity contribution in [2.24, 2.45) is 0 Å². The lowest BCUT2D eigenvalue weighted by molar-refractivity contribution is -0.0387. The van der Waals surface area contributed by atoms with Gasteiger partial charge in [0, 0.05) is 17.8 Å². The Morgan fingerprint density at radius 1 is 1.08 bits per heavy atom. The van der Waals surface area contributed by atoms with Gasteiger partial charge in [-0.1, -0.05) is 18.2 Å². The van der Waals surface area contributed by atoms with E-state index in [2.05, 4.69) is 4.72 Å². The summed E-state index contributed by atoms with van der Waals surface area (Å²) in [6, 6.07) is 14.6. The lowest BCUT2D eigenvalue weighted by Crippen LogP contribution is -2.50. The highest BCUT2D eigenvalue weighted by Gasteiger charge is 2.28. The van der Waals surface area contributed by atoms with Gasteiger partial charge in [-0.3, -0.25) is 9.52 Å². The summed E-state index contributed by atoms with van der Waals surface area (Å²) in [5.74, 6) is -0.0786. The van der Waals surface area contributed by atoms with E-state index < -0.39 is 10.0 Å². The summed E-state index contributed by atoms with van der Waals surface area (Å²) in [6.07, 6.45) is 0.00658. The fraction of sp³-hybridized carbons (Fsp3) is 0.316. The molecule has 1 saturated heterocycles. The first kappa shape index (κ1) is 18.4. The Kier molecular flexibility index (Phi) is 5.29. The second kappa shape index (κ2) is 7.47. The molecular formula is C19H22N2O4S. The molecule has 1 heterocycles. The monoisotopic (exact) mass is 374 g/mol. The number of nitrogens with one attached hydrogen (secondary N) is 1. The Balaban J connectivity index is 1.73. The number of sulfonamides is 1. The van der Waals surface area contributed by atoms with E-state index in [1.807, 2.05) is 13.8 Å². The molecule has 6 nitrogen and oxygen atoms in total. The van der Waals surface area contributed by atoms with Gasteiger partial charge in [0.1, 0.15) is 0 Å². The zero-order valence-corrected chi connectivity index (χ0v) is 15.6. The molecule has 1 N–H and O–H groups in total.